The number of nitrogens with one attached hydrogen (secondary N) is 2. The molecule has 0 radical (unpaired) electrons. The van der Waals surface area contributed by atoms with Crippen LogP contribution in [0.4, 0.5) is 5.82 Å². The van der Waals surface area contributed by atoms with E-state index >= 15 is 0 Å². The number of carbonyl (C=O) groups is 1. The molecule has 2 aromatic rings. The van der Waals surface area contributed by atoms with Crippen molar-refractivity contribution in [2.24, 2.45) is 5.92 Å². The van der Waals surface area contributed by atoms with Crippen LogP contribution < -0.4 is 10.2 Å². The Morgan fingerprint density at radius 1 is 1.50 bits per heavy atom. The lowest BCUT2D eigenvalue weighted by atomic mass is 10.0. The van der Waals surface area contributed by atoms with E-state index < -0.39 is 0 Å². The molecule has 1 saturated heterocycles. The predicted octanol–water partition coefficient (Wildman–Crippen LogP) is 1.87. The van der Waals surface area contributed by atoms with Crippen LogP contribution in [0.2, 0.25) is 0 Å². The first-order valence-electron chi connectivity index (χ1n) is 9.25. The first-order chi connectivity index (χ1) is 12.5. The van der Waals surface area contributed by atoms with Gasteiger partial charge in [-0.1, -0.05) is 6.92 Å². The molecule has 2 atom stereocenters. The van der Waals surface area contributed by atoms with Crippen molar-refractivity contribution in [3.05, 3.63) is 41.0 Å². The van der Waals surface area contributed by atoms with Crippen LogP contribution in [-0.2, 0) is 11.3 Å². The Bertz CT molecular complexity index is 814. The van der Waals surface area contributed by atoms with Crippen molar-refractivity contribution in [2.45, 2.75) is 40.2 Å². The highest BCUT2D eigenvalue weighted by molar-refractivity contribution is 5.92. The number of likely N-dealkylation sites (tertiary alicyclic amines) is 1. The van der Waals surface area contributed by atoms with Crippen molar-refractivity contribution in [1.82, 2.24) is 4.57 Å². The van der Waals surface area contributed by atoms with Gasteiger partial charge in [0.05, 0.1) is 31.5 Å². The highest BCUT2D eigenvalue weighted by atomic mass is 16.3. The predicted molar refractivity (Wildman–Crippen MR) is 99.0 cm³/mol. The van der Waals surface area contributed by atoms with Crippen molar-refractivity contribution < 1.29 is 14.1 Å². The van der Waals surface area contributed by atoms with Gasteiger partial charge in [0.25, 0.3) is 5.91 Å². The van der Waals surface area contributed by atoms with Gasteiger partial charge in [-0.05, 0) is 44.4 Å². The Morgan fingerprint density at radius 3 is 2.96 bits per heavy atom. The van der Waals surface area contributed by atoms with Crippen molar-refractivity contribution in [1.29, 1.82) is 5.26 Å². The molecule has 6 heteroatoms. The summed E-state index contributed by atoms with van der Waals surface area (Å²) >= 11 is 0. The Balaban J connectivity index is 1.80. The van der Waals surface area contributed by atoms with Crippen LogP contribution in [0.25, 0.3) is 0 Å². The van der Waals surface area contributed by atoms with Crippen LogP contribution >= 0.6 is 0 Å². The number of rotatable bonds is 5. The summed E-state index contributed by atoms with van der Waals surface area (Å²) in [5.74, 6) is 1.99. The maximum absolute atomic E-state index is 12.7. The number of furan rings is 1. The molecular weight excluding hydrogens is 328 g/mol. The van der Waals surface area contributed by atoms with Gasteiger partial charge in [-0.3, -0.25) is 4.79 Å². The number of anilines is 1. The van der Waals surface area contributed by atoms with Crippen molar-refractivity contribution in [3.8, 4) is 6.07 Å². The fraction of sp³-hybridized carbons (Fsp3) is 0.500. The van der Waals surface area contributed by atoms with Gasteiger partial charge in [-0.15, -0.1) is 0 Å². The minimum atomic E-state index is -0.0382. The molecule has 3 rings (SSSR count). The highest BCUT2D eigenvalue weighted by Gasteiger charge is 2.25. The third-order valence-corrected chi connectivity index (χ3v) is 5.37. The molecule has 26 heavy (non-hydrogen) atoms. The second kappa shape index (κ2) is 7.79. The lowest BCUT2D eigenvalue weighted by molar-refractivity contribution is -0.900. The van der Waals surface area contributed by atoms with E-state index in [1.807, 2.05) is 30.5 Å². The van der Waals surface area contributed by atoms with Crippen LogP contribution in [0.5, 0.6) is 0 Å². The summed E-state index contributed by atoms with van der Waals surface area (Å²) in [6.07, 6.45) is 4.04. The molecule has 2 N–H and O–H groups in total. The Kier molecular flexibility index (Phi) is 5.48. The summed E-state index contributed by atoms with van der Waals surface area (Å²) in [5.41, 5.74) is 2.39. The Morgan fingerprint density at radius 2 is 2.31 bits per heavy atom. The number of hydrogen-bond donors (Lipinski definition) is 2. The van der Waals surface area contributed by atoms with Gasteiger partial charge >= 0.3 is 0 Å². The van der Waals surface area contributed by atoms with Crippen molar-refractivity contribution in [3.63, 3.8) is 0 Å². The minimum absolute atomic E-state index is 0.0382. The molecule has 138 valence electrons. The van der Waals surface area contributed by atoms with Crippen LogP contribution in [-0.4, -0.2) is 30.1 Å². The second-order valence-electron chi connectivity index (χ2n) is 7.39. The first kappa shape index (κ1) is 18.3. The summed E-state index contributed by atoms with van der Waals surface area (Å²) in [4.78, 5) is 14.0. The van der Waals surface area contributed by atoms with E-state index in [0.29, 0.717) is 30.4 Å². The second-order valence-corrected chi connectivity index (χ2v) is 7.39. The standard InChI is InChI=1S/C20H26N4O2/c1-14-6-4-8-23(11-14)13-19(25)22-20-18(10-21)15(2)16(3)24(20)12-17-7-5-9-26-17/h5,7,9,14H,4,6,8,11-13H2,1-3H3,(H,22,25)/p+1/t14-/m1/s1. The SMILES string of the molecule is Cc1c(C#N)c(NC(=O)C[NH+]2CCC[C@@H](C)C2)n(Cc2ccco2)c1C. The molecule has 0 aromatic carbocycles. The molecule has 0 saturated carbocycles. The molecule has 1 aliphatic heterocycles. The minimum Gasteiger partial charge on any atom is -0.467 e. The van der Waals surface area contributed by atoms with Crippen LogP contribution in [0.1, 0.15) is 42.3 Å². The lowest BCUT2D eigenvalue weighted by Crippen LogP contribution is -3.14. The Labute approximate surface area is 154 Å². The van der Waals surface area contributed by atoms with Crippen molar-refractivity contribution >= 4 is 11.7 Å². The zero-order chi connectivity index (χ0) is 18.7. The average Bonchev–Trinajstić information content (AvgIpc) is 3.18. The largest absolute Gasteiger partial charge is 0.467 e. The third-order valence-electron chi connectivity index (χ3n) is 5.37. The van der Waals surface area contributed by atoms with E-state index in [9.17, 15) is 10.1 Å². The number of nitriles is 1. The molecule has 6 nitrogen and oxygen atoms in total. The molecule has 3 heterocycles. The van der Waals surface area contributed by atoms with Gasteiger partial charge in [0, 0.05) is 11.6 Å². The quantitative estimate of drug-likeness (QED) is 0.860. The summed E-state index contributed by atoms with van der Waals surface area (Å²) < 4.78 is 7.41. The van der Waals surface area contributed by atoms with Crippen LogP contribution in [0.15, 0.2) is 22.8 Å². The molecular formula is C20H27N4O2+. The van der Waals surface area contributed by atoms with E-state index in [4.69, 9.17) is 4.42 Å². The maximum Gasteiger partial charge on any atom is 0.280 e. The monoisotopic (exact) mass is 355 g/mol. The molecule has 0 spiro atoms. The number of aromatic nitrogens is 1. The highest BCUT2D eigenvalue weighted by Crippen LogP contribution is 2.27. The van der Waals surface area contributed by atoms with Gasteiger partial charge in [-0.25, -0.2) is 0 Å². The number of nitrogens with zero attached hydrogens (tertiary/aromatic N) is 2. The van der Waals surface area contributed by atoms with Gasteiger partial charge in [0.2, 0.25) is 0 Å². The van der Waals surface area contributed by atoms with Crippen LogP contribution in [0.3, 0.4) is 0 Å². The molecule has 1 unspecified atom stereocenters. The van der Waals surface area contributed by atoms with Crippen molar-refractivity contribution in [2.75, 3.05) is 25.0 Å². The number of amides is 1. The molecule has 1 fully saturated rings. The van der Waals surface area contributed by atoms with E-state index in [0.717, 1.165) is 30.1 Å². The number of carbonyl (C=O) groups excluding carboxylic acids is 1. The summed E-state index contributed by atoms with van der Waals surface area (Å²) in [6.45, 7) is 9.13. The molecule has 1 amide bonds. The van der Waals surface area contributed by atoms with Crippen LogP contribution in [0, 0.1) is 31.1 Å². The normalized spacial score (nSPS) is 19.9. The lowest BCUT2D eigenvalue weighted by Gasteiger charge is -2.27. The topological polar surface area (TPSA) is 75.4 Å². The number of piperidine rings is 1. The fourth-order valence-electron chi connectivity index (χ4n) is 3.85. The summed E-state index contributed by atoms with van der Waals surface area (Å²) in [7, 11) is 0. The molecule has 0 aliphatic carbocycles. The third kappa shape index (κ3) is 3.83. The average molecular weight is 355 g/mol. The zero-order valence-corrected chi connectivity index (χ0v) is 15.8. The van der Waals surface area contributed by atoms with E-state index in [-0.39, 0.29) is 5.91 Å². The van der Waals surface area contributed by atoms with E-state index in [2.05, 4.69) is 18.3 Å². The summed E-state index contributed by atoms with van der Waals surface area (Å²) in [6, 6.07) is 5.98. The van der Waals surface area contributed by atoms with Gasteiger partial charge in [0.1, 0.15) is 17.6 Å². The smallest absolute Gasteiger partial charge is 0.280 e. The van der Waals surface area contributed by atoms with Gasteiger partial charge in [0.15, 0.2) is 6.54 Å². The van der Waals surface area contributed by atoms with Gasteiger partial charge < -0.3 is 19.2 Å². The molecule has 0 bridgehead atoms. The Hall–Kier alpha value is -2.52. The van der Waals surface area contributed by atoms with Gasteiger partial charge in [-0.2, -0.15) is 5.26 Å². The fourth-order valence-corrected chi connectivity index (χ4v) is 3.85. The maximum atomic E-state index is 12.7. The van der Waals surface area contributed by atoms with E-state index in [1.54, 1.807) is 6.26 Å². The number of hydrogen-bond acceptors (Lipinski definition) is 3. The first-order valence-corrected chi connectivity index (χ1v) is 9.25. The van der Waals surface area contributed by atoms with E-state index in [1.165, 1.54) is 17.7 Å². The molecule has 2 aromatic heterocycles. The molecule has 1 aliphatic rings. The summed E-state index contributed by atoms with van der Waals surface area (Å²) in [5, 5.41) is 12.6. The zero-order valence-electron chi connectivity index (χ0n) is 15.8. The number of quaternary nitrogens is 1.